The Labute approximate surface area is 305 Å². The summed E-state index contributed by atoms with van der Waals surface area (Å²) in [5, 5.41) is 16.3. The van der Waals surface area contributed by atoms with Gasteiger partial charge in [0.05, 0.1) is 30.1 Å². The number of alkyl halides is 2. The number of likely N-dealkylation sites (tertiary alicyclic amines) is 1. The molecule has 1 aliphatic heterocycles. The van der Waals surface area contributed by atoms with Crippen molar-refractivity contribution in [3.8, 4) is 5.69 Å². The lowest BCUT2D eigenvalue weighted by atomic mass is 9.44. The summed E-state index contributed by atoms with van der Waals surface area (Å²) in [6, 6.07) is 5.49. The van der Waals surface area contributed by atoms with E-state index in [9.17, 15) is 28.7 Å². The first-order chi connectivity index (χ1) is 24.7. The highest BCUT2D eigenvalue weighted by molar-refractivity contribution is 8.13. The number of aliphatic hydroxyl groups is 1. The van der Waals surface area contributed by atoms with Gasteiger partial charge in [-0.2, -0.15) is 5.10 Å². The third kappa shape index (κ3) is 5.45. The van der Waals surface area contributed by atoms with Crippen molar-refractivity contribution < 1.29 is 42.5 Å². The number of allylic oxidation sites excluding steroid dienone is 1. The van der Waals surface area contributed by atoms with E-state index in [2.05, 4.69) is 5.10 Å². The van der Waals surface area contributed by atoms with Crippen LogP contribution in [-0.4, -0.2) is 92.4 Å². The van der Waals surface area contributed by atoms with Gasteiger partial charge in [0.25, 0.3) is 5.91 Å². The summed E-state index contributed by atoms with van der Waals surface area (Å²) in [7, 11) is 1.36. The zero-order valence-electron chi connectivity index (χ0n) is 29.7. The average Bonchev–Trinajstić information content (AvgIpc) is 3.81. The summed E-state index contributed by atoms with van der Waals surface area (Å²) in [6.45, 7) is 3.88. The molecule has 0 bridgehead atoms. The normalized spacial score (nSPS) is 34.8. The second kappa shape index (κ2) is 13.3. The van der Waals surface area contributed by atoms with E-state index in [0.717, 1.165) is 16.8 Å². The van der Waals surface area contributed by atoms with Gasteiger partial charge in [0.2, 0.25) is 5.91 Å². The summed E-state index contributed by atoms with van der Waals surface area (Å²) in [6.07, 6.45) is 5.27. The molecular formula is C38H46F2N4O7S. The van der Waals surface area contributed by atoms with Crippen LogP contribution in [0.25, 0.3) is 11.8 Å². The Morgan fingerprint density at radius 1 is 1.15 bits per heavy atom. The number of nitrogens with zero attached hydrogens (tertiary/aromatic N) is 3. The van der Waals surface area contributed by atoms with E-state index in [0.29, 0.717) is 68.1 Å². The van der Waals surface area contributed by atoms with Crippen molar-refractivity contribution in [1.29, 1.82) is 0 Å². The minimum absolute atomic E-state index is 0.0397. The molecular weight excluding hydrogens is 695 g/mol. The Kier molecular flexibility index (Phi) is 9.43. The molecule has 2 heterocycles. The van der Waals surface area contributed by atoms with Gasteiger partial charge >= 0.3 is 5.97 Å². The number of primary amides is 1. The van der Waals surface area contributed by atoms with Crippen LogP contribution in [0.5, 0.6) is 0 Å². The summed E-state index contributed by atoms with van der Waals surface area (Å²) in [4.78, 5) is 52.7. The van der Waals surface area contributed by atoms with Crippen LogP contribution < -0.4 is 5.73 Å². The number of thioether (sulfide) groups is 1. The molecule has 2 aromatic rings. The monoisotopic (exact) mass is 740 g/mol. The first-order valence-corrected chi connectivity index (χ1v) is 19.0. The maximum Gasteiger partial charge on any atom is 0.332 e. The zero-order chi connectivity index (χ0) is 37.2. The van der Waals surface area contributed by atoms with E-state index >= 15 is 4.39 Å². The molecule has 0 unspecified atom stereocenters. The molecule has 11 nitrogen and oxygen atoms in total. The first kappa shape index (κ1) is 36.7. The van der Waals surface area contributed by atoms with Crippen molar-refractivity contribution >= 4 is 40.7 Å². The number of ether oxygens (including phenoxy) is 2. The topological polar surface area (TPSA) is 154 Å². The van der Waals surface area contributed by atoms with Crippen LogP contribution in [0.1, 0.15) is 86.8 Å². The fraction of sp³-hybridized carbons (Fsp3) is 0.605. The van der Waals surface area contributed by atoms with E-state index < -0.39 is 63.2 Å². The van der Waals surface area contributed by atoms with Crippen molar-refractivity contribution in [1.82, 2.24) is 14.7 Å². The van der Waals surface area contributed by atoms with Crippen LogP contribution in [0.4, 0.5) is 8.78 Å². The van der Waals surface area contributed by atoms with Gasteiger partial charge in [-0.15, -0.1) is 0 Å². The van der Waals surface area contributed by atoms with Crippen molar-refractivity contribution in [2.45, 2.75) is 95.1 Å². The molecule has 3 saturated carbocycles. The van der Waals surface area contributed by atoms with Crippen molar-refractivity contribution in [2.75, 3.05) is 26.3 Å². The Morgan fingerprint density at radius 2 is 1.94 bits per heavy atom. The van der Waals surface area contributed by atoms with Crippen LogP contribution in [0.15, 0.2) is 36.0 Å². The third-order valence-electron chi connectivity index (χ3n) is 13.3. The van der Waals surface area contributed by atoms with Gasteiger partial charge in [0.15, 0.2) is 5.12 Å². The number of esters is 1. The molecule has 1 saturated heterocycles. The molecule has 0 radical (unpaired) electrons. The number of rotatable bonds is 9. The minimum Gasteiger partial charge on any atom is -0.456 e. The lowest BCUT2D eigenvalue weighted by molar-refractivity contribution is -0.234. The molecule has 52 heavy (non-hydrogen) atoms. The van der Waals surface area contributed by atoms with Gasteiger partial charge in [0.1, 0.15) is 29.9 Å². The number of halogens is 2. The Balaban J connectivity index is 1.19. The van der Waals surface area contributed by atoms with E-state index in [1.54, 1.807) is 29.1 Å². The highest BCUT2D eigenvalue weighted by Gasteiger charge is 2.74. The molecule has 14 heteroatoms. The van der Waals surface area contributed by atoms with Crippen LogP contribution >= 0.6 is 11.8 Å². The van der Waals surface area contributed by atoms with Crippen LogP contribution in [0.2, 0.25) is 0 Å². The number of hydrogen-bond donors (Lipinski definition) is 2. The summed E-state index contributed by atoms with van der Waals surface area (Å²) in [5.41, 5.74) is 3.67. The Bertz CT molecular complexity index is 1820. The molecule has 0 spiro atoms. The summed E-state index contributed by atoms with van der Waals surface area (Å²) >= 11 is 0.519. The number of benzene rings is 1. The summed E-state index contributed by atoms with van der Waals surface area (Å²) in [5.74, 6) is -2.36. The van der Waals surface area contributed by atoms with Gasteiger partial charge in [0, 0.05) is 36.0 Å². The number of fused-ring (bicyclic) bond motifs is 6. The predicted octanol–water partition coefficient (Wildman–Crippen LogP) is 4.71. The summed E-state index contributed by atoms with van der Waals surface area (Å²) < 4.78 is 44.3. The number of nitrogens with two attached hydrogens (primary N) is 1. The highest BCUT2D eigenvalue weighted by atomic mass is 32.2. The Hall–Kier alpha value is -3.62. The zero-order valence-corrected chi connectivity index (χ0v) is 30.6. The SMILES string of the molecule is COCC(=O)O[C@]1(CC(=O)SCF)CC[C@H]2[C@@H]3CCC4=Cc5c(cnn5-c5cccc(C(=O)N6CCC[C@@H]6C(N)=O)c5)C[C@]4(C)[C@@]3(F)[C@@H](O)C[C@@]21C. The molecule has 4 fully saturated rings. The molecule has 1 aromatic heterocycles. The largest absolute Gasteiger partial charge is 0.456 e. The molecule has 5 aliphatic rings. The maximum atomic E-state index is 18.3. The number of aliphatic hydroxyl groups excluding tert-OH is 1. The number of hydrogen-bond acceptors (Lipinski definition) is 9. The van der Waals surface area contributed by atoms with Gasteiger partial charge < -0.3 is 25.2 Å². The molecule has 280 valence electrons. The highest BCUT2D eigenvalue weighted by Crippen LogP contribution is 2.71. The molecule has 1 aromatic carbocycles. The lowest BCUT2D eigenvalue weighted by Gasteiger charge is -2.63. The molecule has 2 amide bonds. The number of aromatic nitrogens is 2. The molecule has 8 atom stereocenters. The van der Waals surface area contributed by atoms with E-state index in [1.807, 2.05) is 26.0 Å². The van der Waals surface area contributed by atoms with Gasteiger partial charge in [-0.25, -0.2) is 18.3 Å². The fourth-order valence-electron chi connectivity index (χ4n) is 10.8. The van der Waals surface area contributed by atoms with E-state index in [-0.39, 0.29) is 37.7 Å². The average molecular weight is 741 g/mol. The quantitative estimate of drug-likeness (QED) is 0.348. The molecule has 3 N–H and O–H groups in total. The first-order valence-electron chi connectivity index (χ1n) is 18.0. The van der Waals surface area contributed by atoms with Crippen molar-refractivity contribution in [2.24, 2.45) is 28.4 Å². The minimum atomic E-state index is -2.04. The number of methoxy groups -OCH3 is 1. The van der Waals surface area contributed by atoms with E-state index in [4.69, 9.17) is 15.2 Å². The van der Waals surface area contributed by atoms with Crippen molar-refractivity contribution in [3.63, 3.8) is 0 Å². The van der Waals surface area contributed by atoms with Crippen LogP contribution in [0.3, 0.4) is 0 Å². The van der Waals surface area contributed by atoms with E-state index in [1.165, 1.54) is 12.0 Å². The van der Waals surface area contributed by atoms with Gasteiger partial charge in [-0.05, 0) is 87.1 Å². The second-order valence-corrected chi connectivity index (χ2v) is 16.6. The maximum absolute atomic E-state index is 18.3. The van der Waals surface area contributed by atoms with Crippen molar-refractivity contribution in [3.05, 3.63) is 52.9 Å². The smallest absolute Gasteiger partial charge is 0.332 e. The van der Waals surface area contributed by atoms with Crippen LogP contribution in [-0.2, 0) is 30.3 Å². The number of carbonyl (C=O) groups is 4. The number of amides is 2. The number of carbonyl (C=O) groups excluding carboxylic acids is 4. The second-order valence-electron chi connectivity index (χ2n) is 15.7. The lowest BCUT2D eigenvalue weighted by Crippen LogP contribution is -2.69. The van der Waals surface area contributed by atoms with Gasteiger partial charge in [-0.1, -0.05) is 37.2 Å². The Morgan fingerprint density at radius 3 is 2.67 bits per heavy atom. The standard InChI is InChI=1S/C38H46F2N4O7S/c1-35-16-23-19-42-44(25-7-4-6-22(14-25)34(49)43-13-5-8-28(43)33(41)48)29(23)15-24(35)9-10-27-26-11-12-37(18-32(47)52-21-39,51-31(46)20-50-3)36(26,2)17-30(45)38(27,35)40/h4,6-7,14-15,19,26-28,30,45H,5,8-13,16-18,20-21H2,1-3H3,(H2,41,48)/t26-,27-,28+,30-,35-,36-,37-,38-/m0/s1. The fourth-order valence-corrected chi connectivity index (χ4v) is 11.2. The third-order valence-corrected chi connectivity index (χ3v) is 13.8. The molecule has 7 rings (SSSR count). The van der Waals surface area contributed by atoms with Gasteiger partial charge in [-0.3, -0.25) is 14.4 Å². The predicted molar refractivity (Wildman–Crippen MR) is 189 cm³/mol. The van der Waals surface area contributed by atoms with Crippen LogP contribution in [0, 0.1) is 22.7 Å². The molecule has 4 aliphatic carbocycles.